The molecule has 0 spiro atoms. The van der Waals surface area contributed by atoms with E-state index < -0.39 is 0 Å². The van der Waals surface area contributed by atoms with Crippen molar-refractivity contribution >= 4 is 23.4 Å². The van der Waals surface area contributed by atoms with Crippen molar-refractivity contribution < 1.29 is 0 Å². The zero-order chi connectivity index (χ0) is 13.1. The quantitative estimate of drug-likeness (QED) is 0.917. The molecule has 0 amide bonds. The molecular formula is C13H19N5S. The Morgan fingerprint density at radius 3 is 3.05 bits per heavy atom. The second kappa shape index (κ2) is 5.79. The maximum absolute atomic E-state index is 4.47. The lowest BCUT2D eigenvalue weighted by atomic mass is 10.3. The Balaban J connectivity index is 1.56. The standard InChI is InChI=1S/C13H19N5S/c1-11-2-4-18-12(10-11)15-13(16-18)14-3-5-17-6-8-19-9-7-17/h2,4,10H,3,5-9H2,1H3,(H,14,16). The summed E-state index contributed by atoms with van der Waals surface area (Å²) in [6, 6.07) is 4.08. The number of hydrogen-bond acceptors (Lipinski definition) is 5. The van der Waals surface area contributed by atoms with Crippen LogP contribution in [-0.2, 0) is 0 Å². The second-order valence-electron chi connectivity index (χ2n) is 4.82. The summed E-state index contributed by atoms with van der Waals surface area (Å²) >= 11 is 2.04. The molecule has 1 aliphatic rings. The van der Waals surface area contributed by atoms with Crippen LogP contribution in [0.15, 0.2) is 18.3 Å². The molecule has 19 heavy (non-hydrogen) atoms. The van der Waals surface area contributed by atoms with Crippen LogP contribution in [0.25, 0.3) is 5.65 Å². The first-order valence-corrected chi connectivity index (χ1v) is 7.84. The van der Waals surface area contributed by atoms with E-state index in [1.54, 1.807) is 0 Å². The number of anilines is 1. The van der Waals surface area contributed by atoms with Crippen molar-refractivity contribution in [3.63, 3.8) is 0 Å². The van der Waals surface area contributed by atoms with Crippen LogP contribution >= 0.6 is 11.8 Å². The lowest BCUT2D eigenvalue weighted by Crippen LogP contribution is -2.36. The maximum atomic E-state index is 4.47. The SMILES string of the molecule is Cc1ccn2nc(NCCN3CCSCC3)nc2c1. The van der Waals surface area contributed by atoms with Gasteiger partial charge in [0.1, 0.15) is 0 Å². The lowest BCUT2D eigenvalue weighted by molar-refractivity contribution is 0.314. The van der Waals surface area contributed by atoms with Gasteiger partial charge in [0.15, 0.2) is 5.65 Å². The molecule has 1 fully saturated rings. The number of rotatable bonds is 4. The van der Waals surface area contributed by atoms with Gasteiger partial charge in [-0.2, -0.15) is 16.7 Å². The molecule has 0 aromatic carbocycles. The first-order valence-electron chi connectivity index (χ1n) is 6.68. The molecule has 0 aliphatic carbocycles. The predicted molar refractivity (Wildman–Crippen MR) is 80.0 cm³/mol. The van der Waals surface area contributed by atoms with Crippen molar-refractivity contribution in [1.82, 2.24) is 19.5 Å². The number of nitrogens with one attached hydrogen (secondary N) is 1. The summed E-state index contributed by atoms with van der Waals surface area (Å²) in [6.45, 7) is 6.43. The van der Waals surface area contributed by atoms with E-state index >= 15 is 0 Å². The number of pyridine rings is 1. The number of thioether (sulfide) groups is 1. The normalized spacial score (nSPS) is 16.9. The van der Waals surface area contributed by atoms with E-state index in [1.165, 1.54) is 30.2 Å². The van der Waals surface area contributed by atoms with Gasteiger partial charge in [-0.3, -0.25) is 4.90 Å². The first kappa shape index (κ1) is 12.7. The number of aromatic nitrogens is 3. The molecule has 0 bridgehead atoms. The Kier molecular flexibility index (Phi) is 3.89. The van der Waals surface area contributed by atoms with Gasteiger partial charge in [-0.1, -0.05) is 0 Å². The van der Waals surface area contributed by atoms with Crippen molar-refractivity contribution in [3.8, 4) is 0 Å². The Hall–Kier alpha value is -1.27. The third-order valence-electron chi connectivity index (χ3n) is 3.31. The van der Waals surface area contributed by atoms with E-state index in [4.69, 9.17) is 0 Å². The first-order chi connectivity index (χ1) is 9.31. The molecule has 102 valence electrons. The number of nitrogens with zero attached hydrogens (tertiary/aromatic N) is 4. The minimum Gasteiger partial charge on any atom is -0.352 e. The summed E-state index contributed by atoms with van der Waals surface area (Å²) in [7, 11) is 0. The van der Waals surface area contributed by atoms with Crippen LogP contribution in [0.2, 0.25) is 0 Å². The van der Waals surface area contributed by atoms with Crippen molar-refractivity contribution in [3.05, 3.63) is 23.9 Å². The van der Waals surface area contributed by atoms with Crippen molar-refractivity contribution in [1.29, 1.82) is 0 Å². The summed E-state index contributed by atoms with van der Waals surface area (Å²) in [5.41, 5.74) is 2.11. The molecule has 3 rings (SSSR count). The van der Waals surface area contributed by atoms with Crippen LogP contribution in [-0.4, -0.2) is 57.2 Å². The number of fused-ring (bicyclic) bond motifs is 1. The molecule has 3 heterocycles. The summed E-state index contributed by atoms with van der Waals surface area (Å²) < 4.78 is 1.81. The molecule has 0 unspecified atom stereocenters. The zero-order valence-electron chi connectivity index (χ0n) is 11.2. The van der Waals surface area contributed by atoms with Gasteiger partial charge in [-0.05, 0) is 24.6 Å². The Morgan fingerprint density at radius 2 is 2.21 bits per heavy atom. The van der Waals surface area contributed by atoms with Crippen LogP contribution in [0.3, 0.4) is 0 Å². The average molecular weight is 277 g/mol. The molecule has 0 radical (unpaired) electrons. The predicted octanol–water partition coefficient (Wildman–Crippen LogP) is 1.50. The highest BCUT2D eigenvalue weighted by Crippen LogP contribution is 2.09. The largest absolute Gasteiger partial charge is 0.352 e. The molecule has 5 nitrogen and oxygen atoms in total. The Labute approximate surface area is 117 Å². The van der Waals surface area contributed by atoms with Crippen LogP contribution in [0.1, 0.15) is 5.56 Å². The maximum Gasteiger partial charge on any atom is 0.243 e. The minimum atomic E-state index is 0.719. The van der Waals surface area contributed by atoms with Gasteiger partial charge in [0.05, 0.1) is 0 Å². The number of aryl methyl sites for hydroxylation is 1. The molecule has 2 aromatic rings. The minimum absolute atomic E-state index is 0.719. The van der Waals surface area contributed by atoms with Gasteiger partial charge < -0.3 is 5.32 Å². The van der Waals surface area contributed by atoms with E-state index in [0.29, 0.717) is 0 Å². The lowest BCUT2D eigenvalue weighted by Gasteiger charge is -2.25. The molecule has 2 aromatic heterocycles. The van der Waals surface area contributed by atoms with Gasteiger partial charge in [-0.25, -0.2) is 4.52 Å². The molecule has 1 saturated heterocycles. The van der Waals surface area contributed by atoms with Crippen LogP contribution in [0, 0.1) is 6.92 Å². The monoisotopic (exact) mass is 277 g/mol. The van der Waals surface area contributed by atoms with E-state index in [-0.39, 0.29) is 0 Å². The van der Waals surface area contributed by atoms with Gasteiger partial charge in [0.25, 0.3) is 0 Å². The van der Waals surface area contributed by atoms with Gasteiger partial charge in [0.2, 0.25) is 5.95 Å². The highest BCUT2D eigenvalue weighted by atomic mass is 32.2. The van der Waals surface area contributed by atoms with Crippen LogP contribution in [0.4, 0.5) is 5.95 Å². The highest BCUT2D eigenvalue weighted by Gasteiger charge is 2.10. The Bertz CT molecular complexity index is 547. The highest BCUT2D eigenvalue weighted by molar-refractivity contribution is 7.99. The molecule has 0 atom stereocenters. The summed E-state index contributed by atoms with van der Waals surface area (Å²) in [4.78, 5) is 6.96. The molecule has 1 N–H and O–H groups in total. The zero-order valence-corrected chi connectivity index (χ0v) is 12.0. The molecule has 0 saturated carbocycles. The van der Waals surface area contributed by atoms with Crippen LogP contribution < -0.4 is 5.32 Å². The summed E-state index contributed by atoms with van der Waals surface area (Å²) in [6.07, 6.45) is 1.95. The van der Waals surface area contributed by atoms with Gasteiger partial charge in [0, 0.05) is 43.9 Å². The second-order valence-corrected chi connectivity index (χ2v) is 6.05. The number of hydrogen-bond donors (Lipinski definition) is 1. The van der Waals surface area contributed by atoms with Crippen molar-refractivity contribution in [2.45, 2.75) is 6.92 Å². The third kappa shape index (κ3) is 3.19. The van der Waals surface area contributed by atoms with E-state index in [9.17, 15) is 0 Å². The van der Waals surface area contributed by atoms with Crippen molar-refractivity contribution in [2.24, 2.45) is 0 Å². The van der Waals surface area contributed by atoms with E-state index in [2.05, 4.69) is 27.2 Å². The van der Waals surface area contributed by atoms with Crippen molar-refractivity contribution in [2.75, 3.05) is 43.0 Å². The topological polar surface area (TPSA) is 45.5 Å². The smallest absolute Gasteiger partial charge is 0.243 e. The molecular weight excluding hydrogens is 258 g/mol. The fraction of sp³-hybridized carbons (Fsp3) is 0.538. The van der Waals surface area contributed by atoms with E-state index in [0.717, 1.165) is 24.7 Å². The fourth-order valence-electron chi connectivity index (χ4n) is 2.21. The Morgan fingerprint density at radius 1 is 1.37 bits per heavy atom. The van der Waals surface area contributed by atoms with Crippen LogP contribution in [0.5, 0.6) is 0 Å². The third-order valence-corrected chi connectivity index (χ3v) is 4.25. The van der Waals surface area contributed by atoms with Gasteiger partial charge in [-0.15, -0.1) is 5.10 Å². The van der Waals surface area contributed by atoms with E-state index in [1.807, 2.05) is 34.6 Å². The summed E-state index contributed by atoms with van der Waals surface area (Å²) in [5, 5.41) is 7.72. The molecule has 1 aliphatic heterocycles. The fourth-order valence-corrected chi connectivity index (χ4v) is 3.19. The average Bonchev–Trinajstić information content (AvgIpc) is 2.82. The summed E-state index contributed by atoms with van der Waals surface area (Å²) in [5.74, 6) is 3.23. The molecule has 6 heteroatoms. The van der Waals surface area contributed by atoms with Gasteiger partial charge >= 0.3 is 0 Å².